The van der Waals surface area contributed by atoms with E-state index in [1.165, 1.54) is 29.3 Å². The number of benzene rings is 2. The number of carbonyl (C=O) groups is 1. The Balaban J connectivity index is 1.76. The molecule has 1 aliphatic carbocycles. The summed E-state index contributed by atoms with van der Waals surface area (Å²) in [6, 6.07) is 11.3. The molecule has 2 aromatic carbocycles. The smallest absolute Gasteiger partial charge is 0.175 e. The van der Waals surface area contributed by atoms with E-state index in [9.17, 15) is 13.4 Å². The Morgan fingerprint density at radius 1 is 1.10 bits per heavy atom. The lowest BCUT2D eigenvalue weighted by molar-refractivity contribution is 0.102. The summed E-state index contributed by atoms with van der Waals surface area (Å²) in [5.74, 6) is -0.861. The van der Waals surface area contributed by atoms with Gasteiger partial charge >= 0.3 is 0 Å². The monoisotopic (exact) mass is 302 g/mol. The predicted octanol–water partition coefficient (Wildman–Crippen LogP) is 3.30. The number of rotatable bonds is 4. The summed E-state index contributed by atoms with van der Waals surface area (Å²) in [5.41, 5.74) is 2.82. The Morgan fingerprint density at radius 3 is 2.71 bits per heavy atom. The van der Waals surface area contributed by atoms with Gasteiger partial charge in [-0.05, 0) is 54.7 Å². The van der Waals surface area contributed by atoms with Gasteiger partial charge in [-0.2, -0.15) is 0 Å². The Morgan fingerprint density at radius 2 is 1.90 bits per heavy atom. The molecule has 0 spiro atoms. The second-order valence-corrected chi connectivity index (χ2v) is 6.66. The van der Waals surface area contributed by atoms with Gasteiger partial charge in [0.2, 0.25) is 0 Å². The van der Waals surface area contributed by atoms with Crippen molar-refractivity contribution in [1.29, 1.82) is 0 Å². The topological polar surface area (TPSA) is 34.1 Å². The Bertz CT molecular complexity index is 724. The van der Waals surface area contributed by atoms with Gasteiger partial charge in [-0.25, -0.2) is 4.39 Å². The summed E-state index contributed by atoms with van der Waals surface area (Å²) < 4.78 is 25.4. The van der Waals surface area contributed by atoms with Crippen LogP contribution in [0.1, 0.15) is 27.9 Å². The molecule has 0 fully saturated rings. The Kier molecular flexibility index (Phi) is 3.97. The van der Waals surface area contributed by atoms with Crippen molar-refractivity contribution in [2.24, 2.45) is 0 Å². The van der Waals surface area contributed by atoms with Crippen LogP contribution < -0.4 is 0 Å². The third kappa shape index (κ3) is 3.10. The van der Waals surface area contributed by atoms with Crippen LogP contribution in [0.2, 0.25) is 0 Å². The van der Waals surface area contributed by atoms with Gasteiger partial charge in [0.15, 0.2) is 5.78 Å². The van der Waals surface area contributed by atoms with E-state index >= 15 is 0 Å². The third-order valence-corrected chi connectivity index (χ3v) is 5.05. The average Bonchev–Trinajstić information content (AvgIpc) is 2.94. The molecule has 0 bridgehead atoms. The van der Waals surface area contributed by atoms with E-state index in [0.29, 0.717) is 4.90 Å². The van der Waals surface area contributed by atoms with Crippen LogP contribution in [0.25, 0.3) is 0 Å². The van der Waals surface area contributed by atoms with Crippen LogP contribution in [0.4, 0.5) is 4.39 Å². The summed E-state index contributed by atoms with van der Waals surface area (Å²) in [7, 11) is -1.38. The van der Waals surface area contributed by atoms with E-state index in [-0.39, 0.29) is 17.1 Å². The molecule has 0 saturated carbocycles. The fourth-order valence-corrected chi connectivity index (χ4v) is 3.70. The molecule has 21 heavy (non-hydrogen) atoms. The van der Waals surface area contributed by atoms with E-state index < -0.39 is 16.6 Å². The summed E-state index contributed by atoms with van der Waals surface area (Å²) in [6.07, 6.45) is 3.22. The molecule has 4 heteroatoms. The first-order valence-corrected chi connectivity index (χ1v) is 8.24. The molecular formula is C17H15FO2S. The lowest BCUT2D eigenvalue weighted by atomic mass is 10.1. The van der Waals surface area contributed by atoms with E-state index in [1.807, 2.05) is 18.2 Å². The zero-order valence-electron chi connectivity index (χ0n) is 11.5. The fraction of sp³-hybridized carbons (Fsp3) is 0.235. The number of hydrogen-bond donors (Lipinski definition) is 0. The van der Waals surface area contributed by atoms with Gasteiger partial charge in [-0.1, -0.05) is 18.2 Å². The third-order valence-electron chi connectivity index (χ3n) is 3.74. The number of halogens is 1. The van der Waals surface area contributed by atoms with Crippen molar-refractivity contribution in [2.45, 2.75) is 24.2 Å². The SMILES string of the molecule is O=C(CS(=O)c1ccc2c(c1)CCC2)c1cccc(F)c1. The lowest BCUT2D eigenvalue weighted by Gasteiger charge is -2.05. The highest BCUT2D eigenvalue weighted by Gasteiger charge is 2.16. The van der Waals surface area contributed by atoms with Gasteiger partial charge in [-0.3, -0.25) is 9.00 Å². The summed E-state index contributed by atoms with van der Waals surface area (Å²) >= 11 is 0. The molecule has 0 amide bonds. The normalized spacial score (nSPS) is 14.7. The maximum Gasteiger partial charge on any atom is 0.175 e. The Labute approximate surface area is 125 Å². The molecule has 1 unspecified atom stereocenters. The molecule has 3 rings (SSSR count). The summed E-state index contributed by atoms with van der Waals surface area (Å²) in [6.45, 7) is 0. The maximum atomic E-state index is 13.1. The largest absolute Gasteiger partial charge is 0.293 e. The molecule has 0 radical (unpaired) electrons. The highest BCUT2D eigenvalue weighted by molar-refractivity contribution is 7.85. The first-order valence-electron chi connectivity index (χ1n) is 6.92. The van der Waals surface area contributed by atoms with Crippen LogP contribution in [0.3, 0.4) is 0 Å². The first kappa shape index (κ1) is 14.1. The molecule has 2 nitrogen and oxygen atoms in total. The number of hydrogen-bond acceptors (Lipinski definition) is 2. The van der Waals surface area contributed by atoms with Crippen LogP contribution in [-0.2, 0) is 23.6 Å². The van der Waals surface area contributed by atoms with Crippen molar-refractivity contribution in [1.82, 2.24) is 0 Å². The van der Waals surface area contributed by atoms with Gasteiger partial charge in [0.25, 0.3) is 0 Å². The average molecular weight is 302 g/mol. The standard InChI is InChI=1S/C17H15FO2S/c18-15-6-2-5-14(9-15)17(19)11-21(20)16-8-7-12-3-1-4-13(12)10-16/h2,5-10H,1,3-4,11H2. The second kappa shape index (κ2) is 5.90. The lowest BCUT2D eigenvalue weighted by Crippen LogP contribution is -2.11. The van der Waals surface area contributed by atoms with Gasteiger partial charge in [-0.15, -0.1) is 0 Å². The predicted molar refractivity (Wildman–Crippen MR) is 80.5 cm³/mol. The molecule has 108 valence electrons. The van der Waals surface area contributed by atoms with E-state index in [2.05, 4.69) is 0 Å². The van der Waals surface area contributed by atoms with Crippen LogP contribution in [-0.4, -0.2) is 15.7 Å². The number of ketones is 1. The zero-order chi connectivity index (χ0) is 14.8. The minimum atomic E-state index is -1.38. The molecule has 1 aliphatic rings. The van der Waals surface area contributed by atoms with Crippen molar-refractivity contribution in [2.75, 3.05) is 5.75 Å². The summed E-state index contributed by atoms with van der Waals surface area (Å²) in [4.78, 5) is 12.7. The molecular weight excluding hydrogens is 287 g/mol. The summed E-state index contributed by atoms with van der Waals surface area (Å²) in [5, 5.41) is 0. The molecule has 2 aromatic rings. The maximum absolute atomic E-state index is 13.1. The minimum absolute atomic E-state index is 0.109. The second-order valence-electron chi connectivity index (χ2n) is 5.21. The molecule has 1 atom stereocenters. The van der Waals surface area contributed by atoms with Gasteiger partial charge in [0.05, 0.1) is 16.6 Å². The van der Waals surface area contributed by atoms with Crippen molar-refractivity contribution >= 4 is 16.6 Å². The van der Waals surface area contributed by atoms with Crippen molar-refractivity contribution < 1.29 is 13.4 Å². The quantitative estimate of drug-likeness (QED) is 0.812. The van der Waals surface area contributed by atoms with E-state index in [4.69, 9.17) is 0 Å². The van der Waals surface area contributed by atoms with Crippen molar-refractivity contribution in [3.63, 3.8) is 0 Å². The number of fused-ring (bicyclic) bond motifs is 1. The number of Topliss-reactive ketones (excluding diaryl/α,β-unsaturated/α-hetero) is 1. The van der Waals surface area contributed by atoms with Crippen molar-refractivity contribution in [3.8, 4) is 0 Å². The molecule has 0 aliphatic heterocycles. The highest BCUT2D eigenvalue weighted by Crippen LogP contribution is 2.24. The van der Waals surface area contributed by atoms with E-state index in [1.54, 1.807) is 6.07 Å². The molecule has 0 N–H and O–H groups in total. The van der Waals surface area contributed by atoms with Crippen LogP contribution in [0, 0.1) is 5.82 Å². The number of carbonyl (C=O) groups excluding carboxylic acids is 1. The Hall–Kier alpha value is -1.81. The highest BCUT2D eigenvalue weighted by atomic mass is 32.2. The first-order chi connectivity index (χ1) is 10.1. The van der Waals surface area contributed by atoms with Gasteiger partial charge in [0, 0.05) is 10.5 Å². The molecule has 0 saturated heterocycles. The van der Waals surface area contributed by atoms with Gasteiger partial charge in [0.1, 0.15) is 5.82 Å². The number of aryl methyl sites for hydroxylation is 2. The zero-order valence-corrected chi connectivity index (χ0v) is 12.3. The van der Waals surface area contributed by atoms with Crippen LogP contribution in [0.5, 0.6) is 0 Å². The minimum Gasteiger partial charge on any atom is -0.293 e. The van der Waals surface area contributed by atoms with Crippen molar-refractivity contribution in [3.05, 3.63) is 65.0 Å². The van der Waals surface area contributed by atoms with E-state index in [0.717, 1.165) is 19.3 Å². The van der Waals surface area contributed by atoms with Crippen LogP contribution >= 0.6 is 0 Å². The van der Waals surface area contributed by atoms with Gasteiger partial charge < -0.3 is 0 Å². The van der Waals surface area contributed by atoms with Crippen LogP contribution in [0.15, 0.2) is 47.4 Å². The molecule has 0 heterocycles. The fourth-order valence-electron chi connectivity index (χ4n) is 2.64. The molecule has 0 aromatic heterocycles.